The fourth-order valence-corrected chi connectivity index (χ4v) is 5.24. The minimum atomic E-state index is -4.37. The number of allylic oxidation sites excluding steroid dienone is 4. The van der Waals surface area contributed by atoms with E-state index in [9.17, 15) is 31.2 Å². The highest BCUT2D eigenvalue weighted by atomic mass is 32.2. The van der Waals surface area contributed by atoms with E-state index >= 15 is 0 Å². The Morgan fingerprint density at radius 3 is 2.36 bits per heavy atom. The Balaban J connectivity index is 0.000000268. The molecule has 1 saturated heterocycles. The van der Waals surface area contributed by atoms with Gasteiger partial charge in [0.05, 0.1) is 11.3 Å². The van der Waals surface area contributed by atoms with Gasteiger partial charge in [-0.3, -0.25) is 14.3 Å². The molecule has 1 N–H and O–H groups in total. The molecular formula is C34H41F3N4O5S. The molecule has 2 aromatic carbocycles. The lowest BCUT2D eigenvalue weighted by Crippen LogP contribution is -2.31. The number of aromatic nitrogens is 2. The summed E-state index contributed by atoms with van der Waals surface area (Å²) in [6.45, 7) is 9.62. The molecule has 13 heteroatoms. The van der Waals surface area contributed by atoms with E-state index in [1.54, 1.807) is 30.3 Å². The summed E-state index contributed by atoms with van der Waals surface area (Å²) in [6, 6.07) is 9.79. The van der Waals surface area contributed by atoms with Gasteiger partial charge in [-0.15, -0.1) is 0 Å². The molecule has 1 aromatic heterocycles. The Hall–Kier alpha value is -4.23. The minimum absolute atomic E-state index is 0.0610. The number of benzene rings is 2. The van der Waals surface area contributed by atoms with Crippen LogP contribution >= 0.6 is 0 Å². The SMILES string of the molecule is C=C/C(=C\C=C(/C)C(F)(F)F)Oc1ccc(C=O)cc1.Cc1c(C(=O)NCCS(C)(=O)=O)ccc2nn(CC3CCN(C)CC3)cc12. The lowest BCUT2D eigenvalue weighted by molar-refractivity contribution is -0.0913. The number of ether oxygens (including phenoxy) is 1. The van der Waals surface area contributed by atoms with Crippen LogP contribution in [0, 0.1) is 12.8 Å². The Kier molecular flexibility index (Phi) is 13.1. The molecule has 4 rings (SSSR count). The number of likely N-dealkylation sites (tertiary alicyclic amines) is 1. The largest absolute Gasteiger partial charge is 0.457 e. The number of nitrogens with zero attached hydrogens (tertiary/aromatic N) is 3. The Morgan fingerprint density at radius 1 is 1.13 bits per heavy atom. The van der Waals surface area contributed by atoms with Gasteiger partial charge in [-0.2, -0.15) is 18.3 Å². The number of carbonyl (C=O) groups excluding carboxylic acids is 2. The Labute approximate surface area is 273 Å². The lowest BCUT2D eigenvalue weighted by Gasteiger charge is -2.28. The molecule has 2 heterocycles. The Bertz CT molecular complexity index is 1720. The van der Waals surface area contributed by atoms with Gasteiger partial charge < -0.3 is 15.0 Å². The number of amides is 1. The highest BCUT2D eigenvalue weighted by molar-refractivity contribution is 7.90. The number of hydrogen-bond donors (Lipinski definition) is 1. The fraction of sp³-hybridized carbons (Fsp3) is 0.382. The van der Waals surface area contributed by atoms with Gasteiger partial charge >= 0.3 is 6.18 Å². The topological polar surface area (TPSA) is 111 Å². The highest BCUT2D eigenvalue weighted by Gasteiger charge is 2.29. The smallest absolute Gasteiger partial charge is 0.412 e. The predicted octanol–water partition coefficient (Wildman–Crippen LogP) is 5.92. The number of halogens is 3. The number of nitrogens with one attached hydrogen (secondary N) is 1. The molecule has 9 nitrogen and oxygen atoms in total. The first-order valence-electron chi connectivity index (χ1n) is 15.0. The van der Waals surface area contributed by atoms with E-state index in [-0.39, 0.29) is 24.0 Å². The van der Waals surface area contributed by atoms with Crippen LogP contribution in [0.25, 0.3) is 10.9 Å². The molecule has 1 fully saturated rings. The first-order chi connectivity index (χ1) is 22.1. The summed E-state index contributed by atoms with van der Waals surface area (Å²) in [4.78, 5) is 25.3. The van der Waals surface area contributed by atoms with Gasteiger partial charge in [-0.05, 0) is 107 Å². The molecule has 0 aliphatic carbocycles. The summed E-state index contributed by atoms with van der Waals surface area (Å²) < 4.78 is 66.7. The molecule has 47 heavy (non-hydrogen) atoms. The Morgan fingerprint density at radius 2 is 1.79 bits per heavy atom. The van der Waals surface area contributed by atoms with E-state index in [2.05, 4.69) is 28.9 Å². The van der Waals surface area contributed by atoms with E-state index in [1.165, 1.54) is 25.0 Å². The first kappa shape index (κ1) is 37.2. The second-order valence-corrected chi connectivity index (χ2v) is 13.8. The zero-order chi connectivity index (χ0) is 34.8. The summed E-state index contributed by atoms with van der Waals surface area (Å²) in [5.41, 5.74) is 2.06. The molecule has 0 radical (unpaired) electrons. The van der Waals surface area contributed by atoms with Gasteiger partial charge in [0.2, 0.25) is 0 Å². The molecule has 0 bridgehead atoms. The zero-order valence-corrected chi connectivity index (χ0v) is 27.8. The van der Waals surface area contributed by atoms with Gasteiger partial charge in [-0.1, -0.05) is 12.7 Å². The summed E-state index contributed by atoms with van der Waals surface area (Å²) >= 11 is 0. The van der Waals surface area contributed by atoms with Crippen LogP contribution in [0.4, 0.5) is 13.2 Å². The highest BCUT2D eigenvalue weighted by Crippen LogP contribution is 2.26. The molecule has 1 aliphatic heterocycles. The second-order valence-electron chi connectivity index (χ2n) is 11.6. The summed E-state index contributed by atoms with van der Waals surface area (Å²) in [5, 5.41) is 8.33. The summed E-state index contributed by atoms with van der Waals surface area (Å²) in [6.07, 6.45) is 5.26. The maximum atomic E-state index is 12.4. The van der Waals surface area contributed by atoms with Crippen molar-refractivity contribution in [1.82, 2.24) is 20.0 Å². The molecule has 0 atom stereocenters. The van der Waals surface area contributed by atoms with Crippen LogP contribution in [-0.2, 0) is 16.4 Å². The molecule has 254 valence electrons. The van der Waals surface area contributed by atoms with Crippen molar-refractivity contribution in [3.8, 4) is 5.75 Å². The fourth-order valence-electron chi connectivity index (χ4n) is 4.77. The standard InChI is InChI=1S/C19H28N4O3S.C15H13F3O2/c1-14-16(19(24)20-8-11-27(3,25)26)4-5-18-17(14)13-23(21-18)12-15-6-9-22(2)10-7-15;1-3-13(7-4-11(2)15(16,17)18)20-14-8-5-12(10-19)6-9-14/h4-5,13,15H,6-12H2,1-3H3,(H,20,24);3-10H,1H2,2H3/b;11-4+,13-7+. The maximum Gasteiger partial charge on any atom is 0.412 e. The monoisotopic (exact) mass is 674 g/mol. The maximum absolute atomic E-state index is 12.4. The van der Waals surface area contributed by atoms with Crippen molar-refractivity contribution in [2.75, 3.05) is 38.7 Å². The van der Waals surface area contributed by atoms with Crippen molar-refractivity contribution in [1.29, 1.82) is 0 Å². The minimum Gasteiger partial charge on any atom is -0.457 e. The van der Waals surface area contributed by atoms with E-state index in [0.717, 1.165) is 55.4 Å². The van der Waals surface area contributed by atoms with Gasteiger partial charge in [0.15, 0.2) is 0 Å². The predicted molar refractivity (Wildman–Crippen MR) is 177 cm³/mol. The second kappa shape index (κ2) is 16.6. The number of aldehydes is 1. The molecule has 3 aromatic rings. The number of aryl methyl sites for hydroxylation is 1. The van der Waals surface area contributed by atoms with Crippen LogP contribution in [-0.4, -0.2) is 80.2 Å². The summed E-state index contributed by atoms with van der Waals surface area (Å²) in [5.74, 6) is 0.900. The number of carbonyl (C=O) groups is 2. The number of fused-ring (bicyclic) bond motifs is 1. The normalized spacial score (nSPS) is 15.1. The zero-order valence-electron chi connectivity index (χ0n) is 27.0. The average molecular weight is 675 g/mol. The third-order valence-corrected chi connectivity index (χ3v) is 8.64. The molecular weight excluding hydrogens is 633 g/mol. The third-order valence-electron chi connectivity index (χ3n) is 7.69. The molecule has 0 spiro atoms. The van der Waals surface area contributed by atoms with Crippen LogP contribution in [0.3, 0.4) is 0 Å². The van der Waals surface area contributed by atoms with Crippen molar-refractivity contribution in [2.24, 2.45) is 5.92 Å². The number of rotatable bonds is 11. The lowest BCUT2D eigenvalue weighted by atomic mass is 9.97. The van der Waals surface area contributed by atoms with Crippen molar-refractivity contribution >= 4 is 32.9 Å². The molecule has 1 aliphatic rings. The first-order valence-corrected chi connectivity index (χ1v) is 17.1. The van der Waals surface area contributed by atoms with Crippen LogP contribution in [0.2, 0.25) is 0 Å². The van der Waals surface area contributed by atoms with Crippen LogP contribution in [0.15, 0.2) is 78.7 Å². The molecule has 1 amide bonds. The van der Waals surface area contributed by atoms with E-state index in [4.69, 9.17) is 4.74 Å². The van der Waals surface area contributed by atoms with Gasteiger partial charge in [0.1, 0.15) is 27.6 Å². The molecule has 0 saturated carbocycles. The number of sulfone groups is 1. The van der Waals surface area contributed by atoms with Crippen molar-refractivity contribution in [3.05, 3.63) is 95.4 Å². The average Bonchev–Trinajstić information content (AvgIpc) is 3.43. The van der Waals surface area contributed by atoms with Crippen molar-refractivity contribution in [3.63, 3.8) is 0 Å². The van der Waals surface area contributed by atoms with E-state index < -0.39 is 21.6 Å². The molecule has 0 unspecified atom stereocenters. The van der Waals surface area contributed by atoms with E-state index in [1.807, 2.05) is 23.9 Å². The van der Waals surface area contributed by atoms with Gasteiger partial charge in [0.25, 0.3) is 5.91 Å². The van der Waals surface area contributed by atoms with Gasteiger partial charge in [-0.25, -0.2) is 8.42 Å². The van der Waals surface area contributed by atoms with Gasteiger partial charge in [0, 0.05) is 47.6 Å². The van der Waals surface area contributed by atoms with Crippen LogP contribution in [0.5, 0.6) is 5.75 Å². The quantitative estimate of drug-likeness (QED) is 0.153. The van der Waals surface area contributed by atoms with Crippen LogP contribution in [0.1, 0.15) is 46.0 Å². The van der Waals surface area contributed by atoms with Crippen molar-refractivity contribution in [2.45, 2.75) is 39.4 Å². The third kappa shape index (κ3) is 11.8. The number of alkyl halides is 3. The van der Waals surface area contributed by atoms with Crippen molar-refractivity contribution < 1.29 is 35.9 Å². The summed E-state index contributed by atoms with van der Waals surface area (Å²) in [7, 11) is -0.935. The van der Waals surface area contributed by atoms with E-state index in [0.29, 0.717) is 29.1 Å². The number of piperidine rings is 1. The number of hydrogen-bond acceptors (Lipinski definition) is 7. The van der Waals surface area contributed by atoms with Crippen LogP contribution < -0.4 is 10.1 Å².